The van der Waals surface area contributed by atoms with Crippen molar-refractivity contribution in [2.24, 2.45) is 0 Å². The van der Waals surface area contributed by atoms with Crippen LogP contribution in [0, 0.1) is 0 Å². The quantitative estimate of drug-likeness (QED) is 0.0953. The third-order valence-electron chi connectivity index (χ3n) is 16.6. The highest BCUT2D eigenvalue weighted by molar-refractivity contribution is 7.20. The molecule has 0 spiro atoms. The number of fused-ring (bicyclic) bond motifs is 10. The number of aromatic nitrogens is 9. The van der Waals surface area contributed by atoms with Crippen molar-refractivity contribution in [1.29, 1.82) is 0 Å². The number of benzene rings is 11. The van der Waals surface area contributed by atoms with Crippen LogP contribution >= 0.6 is 0 Å². The lowest BCUT2D eigenvalue weighted by Gasteiger charge is -2.34. The average molecular weight is 1080 g/mol. The summed E-state index contributed by atoms with van der Waals surface area (Å²) in [5, 5.41) is 10.3. The fraction of sp³-hybridized carbons (Fsp3) is 0. The number of nitrogens with zero attached hydrogens (tertiary/aromatic N) is 9. The maximum Gasteiger partial charge on any atom is 0.242 e. The van der Waals surface area contributed by atoms with E-state index in [1.54, 1.807) is 0 Å². The molecule has 16 rings (SSSR count). The van der Waals surface area contributed by atoms with Gasteiger partial charge in [0.1, 0.15) is 0 Å². The predicted octanol–water partition coefficient (Wildman–Crippen LogP) is 9.78. The van der Waals surface area contributed by atoms with Crippen LogP contribution in [0.3, 0.4) is 0 Å². The Hall–Kier alpha value is -10.6. The molecule has 386 valence electrons. The van der Waals surface area contributed by atoms with E-state index in [-0.39, 0.29) is 0 Å². The van der Waals surface area contributed by atoms with Crippen molar-refractivity contribution in [2.75, 3.05) is 0 Å². The van der Waals surface area contributed by atoms with Gasteiger partial charge in [-0.25, -0.2) is 19.1 Å². The zero-order chi connectivity index (χ0) is 54.2. The van der Waals surface area contributed by atoms with Gasteiger partial charge in [-0.3, -0.25) is 8.80 Å². The summed E-state index contributed by atoms with van der Waals surface area (Å²) in [5.74, 6) is 2.77. The van der Waals surface area contributed by atoms with Gasteiger partial charge in [-0.15, -0.1) is 0 Å². The highest BCUT2D eigenvalue weighted by atomic mass is 28.3. The molecule has 82 heavy (non-hydrogen) atoms. The first-order valence-electron chi connectivity index (χ1n) is 27.7. The second-order valence-corrected chi connectivity index (χ2v) is 28.5. The van der Waals surface area contributed by atoms with E-state index >= 15 is 0 Å². The lowest BCUT2D eigenvalue weighted by Crippen LogP contribution is -2.74. The summed E-state index contributed by atoms with van der Waals surface area (Å²) in [6, 6.07) is 107. The minimum atomic E-state index is -2.96. The van der Waals surface area contributed by atoms with E-state index in [1.165, 1.54) is 41.5 Å². The average Bonchev–Trinajstić information content (AvgIpc) is 3.79. The SMILES string of the molecule is c1ccc(-c2nc(-n3c4ccc([Si](c5ccccc5)(c5ccccc5)c5ccccc5)cc4n4c5ccccc5nc34)nc(-n3c4ccc([Si](c5ccccc5)(c5ccccc5)c5ccccc5)cc4n4c5ccccc5nc34)n2)cc1. The molecule has 0 aliphatic rings. The molecule has 0 aliphatic carbocycles. The molecule has 11 aromatic carbocycles. The van der Waals surface area contributed by atoms with Gasteiger partial charge in [0.2, 0.25) is 23.5 Å². The minimum Gasteiger partial charge on any atom is -0.276 e. The molecule has 0 atom stereocenters. The monoisotopic (exact) mass is 1080 g/mol. The van der Waals surface area contributed by atoms with E-state index in [0.29, 0.717) is 29.3 Å². The van der Waals surface area contributed by atoms with Crippen molar-refractivity contribution in [3.63, 3.8) is 0 Å². The molecule has 0 saturated heterocycles. The smallest absolute Gasteiger partial charge is 0.242 e. The first-order chi connectivity index (χ1) is 40.7. The molecule has 0 fully saturated rings. The van der Waals surface area contributed by atoms with Crippen molar-refractivity contribution in [3.05, 3.63) is 297 Å². The molecule has 0 radical (unpaired) electrons. The standard InChI is InChI=1S/C71H49N9Si2/c1-8-26-50(27-9-1)67-74-68(79-63-46-44-57(48-65(63)77-61-42-24-22-40-59(61)72-70(77)79)81(51-28-10-2-11-29-51,52-30-12-3-13-31-52)53-32-14-4-15-33-53)76-69(75-67)80-64-47-45-58(49-66(64)78-62-43-25-23-41-60(62)73-71(78)80)82(54-34-16-5-17-35-54,55-36-18-6-19-37-55)56-38-20-7-21-39-56/h1-49H. The van der Waals surface area contributed by atoms with Crippen LogP contribution in [0.5, 0.6) is 0 Å². The van der Waals surface area contributed by atoms with Gasteiger partial charge in [0.25, 0.3) is 0 Å². The topological polar surface area (TPSA) is 83.1 Å². The van der Waals surface area contributed by atoms with Crippen LogP contribution in [0.1, 0.15) is 0 Å². The van der Waals surface area contributed by atoms with Crippen LogP contribution in [0.25, 0.3) is 79.0 Å². The molecule has 0 N–H and O–H groups in total. The van der Waals surface area contributed by atoms with Gasteiger partial charge in [0.05, 0.1) is 44.1 Å². The Bertz CT molecular complexity index is 4540. The first-order valence-corrected chi connectivity index (χ1v) is 31.7. The Kier molecular flexibility index (Phi) is 11.0. The number of imidazole rings is 4. The Labute approximate surface area is 474 Å². The summed E-state index contributed by atoms with van der Waals surface area (Å²) in [7, 11) is -5.91. The van der Waals surface area contributed by atoms with E-state index in [4.69, 9.17) is 24.9 Å². The van der Waals surface area contributed by atoms with Gasteiger partial charge >= 0.3 is 0 Å². The van der Waals surface area contributed by atoms with E-state index in [1.807, 2.05) is 30.3 Å². The van der Waals surface area contributed by atoms with Crippen LogP contribution in [-0.4, -0.2) is 59.0 Å². The number of hydrogen-bond acceptors (Lipinski definition) is 5. The van der Waals surface area contributed by atoms with Crippen molar-refractivity contribution in [2.45, 2.75) is 0 Å². The summed E-state index contributed by atoms with van der Waals surface area (Å²) >= 11 is 0. The molecule has 0 aliphatic heterocycles. The Morgan fingerprint density at radius 3 is 0.878 bits per heavy atom. The lowest BCUT2D eigenvalue weighted by atomic mass is 10.2. The van der Waals surface area contributed by atoms with Gasteiger partial charge in [0, 0.05) is 5.56 Å². The van der Waals surface area contributed by atoms with Gasteiger partial charge in [-0.1, -0.05) is 249 Å². The maximum absolute atomic E-state index is 5.63. The number of hydrogen-bond donors (Lipinski definition) is 0. The Morgan fingerprint density at radius 1 is 0.232 bits per heavy atom. The molecule has 5 heterocycles. The predicted molar refractivity (Wildman–Crippen MR) is 339 cm³/mol. The summed E-state index contributed by atoms with van der Waals surface area (Å²) in [6.07, 6.45) is 0. The normalized spacial score (nSPS) is 12.1. The molecule has 0 bridgehead atoms. The highest BCUT2D eigenvalue weighted by Crippen LogP contribution is 2.33. The van der Waals surface area contributed by atoms with Crippen LogP contribution in [0.15, 0.2) is 297 Å². The minimum absolute atomic E-state index is 0.431. The summed E-state index contributed by atoms with van der Waals surface area (Å²) in [6.45, 7) is 0. The first kappa shape index (κ1) is 47.4. The van der Waals surface area contributed by atoms with Crippen molar-refractivity contribution >= 4 is 113 Å². The maximum atomic E-state index is 5.63. The zero-order valence-electron chi connectivity index (χ0n) is 44.3. The Balaban J connectivity index is 0.986. The second kappa shape index (κ2) is 19.1. The van der Waals surface area contributed by atoms with Crippen molar-refractivity contribution in [3.8, 4) is 23.3 Å². The third-order valence-corrected chi connectivity index (χ3v) is 26.1. The van der Waals surface area contributed by atoms with Gasteiger partial charge in [0.15, 0.2) is 22.0 Å². The molecule has 11 heteroatoms. The molecular formula is C71H49N9Si2. The van der Waals surface area contributed by atoms with E-state index in [2.05, 4.69) is 285 Å². The fourth-order valence-electron chi connectivity index (χ4n) is 13.1. The number of para-hydroxylation sites is 4. The zero-order valence-corrected chi connectivity index (χ0v) is 46.3. The van der Waals surface area contributed by atoms with E-state index < -0.39 is 16.1 Å². The summed E-state index contributed by atoms with van der Waals surface area (Å²) in [5.41, 5.74) is 8.37. The van der Waals surface area contributed by atoms with E-state index in [0.717, 1.165) is 49.7 Å². The third kappa shape index (κ3) is 7.13. The Morgan fingerprint density at radius 2 is 0.537 bits per heavy atom. The van der Waals surface area contributed by atoms with Crippen LogP contribution in [0.2, 0.25) is 0 Å². The summed E-state index contributed by atoms with van der Waals surface area (Å²) in [4.78, 5) is 27.4. The highest BCUT2D eigenvalue weighted by Gasteiger charge is 2.43. The fourth-order valence-corrected chi connectivity index (χ4v) is 22.6. The van der Waals surface area contributed by atoms with Gasteiger partial charge < -0.3 is 0 Å². The molecule has 0 amide bonds. The van der Waals surface area contributed by atoms with Crippen molar-refractivity contribution < 1.29 is 0 Å². The van der Waals surface area contributed by atoms with Crippen LogP contribution in [0.4, 0.5) is 0 Å². The second-order valence-electron chi connectivity index (χ2n) is 20.9. The van der Waals surface area contributed by atoms with E-state index in [9.17, 15) is 0 Å². The number of rotatable bonds is 11. The molecule has 9 nitrogen and oxygen atoms in total. The lowest BCUT2D eigenvalue weighted by molar-refractivity contribution is 0.877. The van der Waals surface area contributed by atoms with Crippen molar-refractivity contribution in [1.82, 2.24) is 42.9 Å². The molecule has 5 aromatic heterocycles. The van der Waals surface area contributed by atoms with Crippen LogP contribution in [-0.2, 0) is 0 Å². The molecule has 16 aromatic rings. The molecule has 0 unspecified atom stereocenters. The van der Waals surface area contributed by atoms with Crippen LogP contribution < -0.4 is 41.5 Å². The molecular weight excluding hydrogens is 1040 g/mol. The van der Waals surface area contributed by atoms with Gasteiger partial charge in [-0.05, 0) is 90.0 Å². The van der Waals surface area contributed by atoms with Gasteiger partial charge in [-0.2, -0.15) is 15.0 Å². The molecule has 0 saturated carbocycles. The largest absolute Gasteiger partial charge is 0.276 e. The summed E-state index contributed by atoms with van der Waals surface area (Å²) < 4.78 is 8.81.